The maximum Gasteiger partial charge on any atom is 0.186 e. The van der Waals surface area contributed by atoms with E-state index in [1.807, 2.05) is 6.92 Å². The monoisotopic (exact) mass is 169 g/mol. The van der Waals surface area contributed by atoms with E-state index in [0.717, 1.165) is 12.8 Å². The van der Waals surface area contributed by atoms with Gasteiger partial charge in [0.1, 0.15) is 5.82 Å². The molecule has 0 saturated heterocycles. The largest absolute Gasteiger partial charge is 0.381 e. The topological polar surface area (TPSA) is 51.8 Å². The van der Waals surface area contributed by atoms with Gasteiger partial charge in [0.15, 0.2) is 11.6 Å². The number of halogens is 1. The zero-order valence-corrected chi connectivity index (χ0v) is 7.26. The van der Waals surface area contributed by atoms with Gasteiger partial charge in [-0.15, -0.1) is 0 Å². The molecule has 1 aromatic heterocycles. The third-order valence-electron chi connectivity index (χ3n) is 1.56. The Morgan fingerprint density at radius 2 is 2.08 bits per heavy atom. The fraction of sp³-hybridized carbons (Fsp3) is 0.500. The summed E-state index contributed by atoms with van der Waals surface area (Å²) in [5.41, 5.74) is 5.65. The summed E-state index contributed by atoms with van der Waals surface area (Å²) in [5, 5.41) is 0. The van der Waals surface area contributed by atoms with Gasteiger partial charge in [-0.1, -0.05) is 6.92 Å². The number of rotatable bonds is 2. The fourth-order valence-corrected chi connectivity index (χ4v) is 0.977. The molecule has 0 unspecified atom stereocenters. The molecule has 1 aromatic rings. The Morgan fingerprint density at radius 3 is 2.58 bits per heavy atom. The first-order valence-corrected chi connectivity index (χ1v) is 3.93. The minimum atomic E-state index is -0.505. The molecule has 1 rings (SSSR count). The van der Waals surface area contributed by atoms with Gasteiger partial charge in [-0.25, -0.2) is 14.4 Å². The van der Waals surface area contributed by atoms with Crippen LogP contribution in [-0.4, -0.2) is 9.97 Å². The normalized spacial score (nSPS) is 10.2. The molecule has 0 aliphatic heterocycles. The van der Waals surface area contributed by atoms with Crippen LogP contribution in [0.3, 0.4) is 0 Å². The molecule has 0 radical (unpaired) electrons. The average Bonchev–Trinajstić information content (AvgIpc) is 2.01. The van der Waals surface area contributed by atoms with Crippen molar-refractivity contribution < 1.29 is 4.39 Å². The van der Waals surface area contributed by atoms with E-state index in [9.17, 15) is 4.39 Å². The van der Waals surface area contributed by atoms with Crippen LogP contribution in [0.2, 0.25) is 0 Å². The van der Waals surface area contributed by atoms with E-state index in [1.54, 1.807) is 6.92 Å². The number of aromatic nitrogens is 2. The molecule has 0 spiro atoms. The van der Waals surface area contributed by atoms with Gasteiger partial charge in [0.2, 0.25) is 0 Å². The molecule has 4 heteroatoms. The molecule has 66 valence electrons. The molecule has 2 N–H and O–H groups in total. The summed E-state index contributed by atoms with van der Waals surface area (Å²) < 4.78 is 12.9. The SMILES string of the molecule is CCCc1nc(C)c(F)c(N)n1. The van der Waals surface area contributed by atoms with Gasteiger partial charge in [0.25, 0.3) is 0 Å². The smallest absolute Gasteiger partial charge is 0.186 e. The lowest BCUT2D eigenvalue weighted by molar-refractivity contribution is 0.601. The lowest BCUT2D eigenvalue weighted by Crippen LogP contribution is -2.05. The summed E-state index contributed by atoms with van der Waals surface area (Å²) in [4.78, 5) is 7.77. The lowest BCUT2D eigenvalue weighted by Gasteiger charge is -2.02. The number of aryl methyl sites for hydroxylation is 2. The van der Waals surface area contributed by atoms with Crippen LogP contribution < -0.4 is 5.73 Å². The van der Waals surface area contributed by atoms with Crippen molar-refractivity contribution in [2.45, 2.75) is 26.7 Å². The Bertz CT molecular complexity index is 263. The van der Waals surface area contributed by atoms with Gasteiger partial charge >= 0.3 is 0 Å². The molecule has 3 nitrogen and oxygen atoms in total. The molecule has 0 bridgehead atoms. The van der Waals surface area contributed by atoms with Crippen molar-refractivity contribution >= 4 is 5.82 Å². The summed E-state index contributed by atoms with van der Waals surface area (Å²) in [6.45, 7) is 3.60. The molecule has 0 saturated carbocycles. The number of anilines is 1. The van der Waals surface area contributed by atoms with E-state index in [-0.39, 0.29) is 5.82 Å². The third kappa shape index (κ3) is 1.69. The lowest BCUT2D eigenvalue weighted by atomic mass is 10.3. The Hall–Kier alpha value is -1.19. The molecule has 12 heavy (non-hydrogen) atoms. The second-order valence-corrected chi connectivity index (χ2v) is 2.67. The second-order valence-electron chi connectivity index (χ2n) is 2.67. The van der Waals surface area contributed by atoms with Crippen molar-refractivity contribution in [3.63, 3.8) is 0 Å². The minimum Gasteiger partial charge on any atom is -0.381 e. The van der Waals surface area contributed by atoms with Crippen molar-refractivity contribution in [2.24, 2.45) is 0 Å². The average molecular weight is 169 g/mol. The predicted molar refractivity (Wildman–Crippen MR) is 45.1 cm³/mol. The quantitative estimate of drug-likeness (QED) is 0.729. The van der Waals surface area contributed by atoms with E-state index >= 15 is 0 Å². The molecule has 0 atom stereocenters. The molecular formula is C8H12FN3. The summed E-state index contributed by atoms with van der Waals surface area (Å²) in [6, 6.07) is 0. The van der Waals surface area contributed by atoms with Gasteiger partial charge < -0.3 is 5.73 Å². The van der Waals surface area contributed by atoms with Crippen LogP contribution in [0, 0.1) is 12.7 Å². The first-order chi connectivity index (χ1) is 5.65. The van der Waals surface area contributed by atoms with Gasteiger partial charge in [0, 0.05) is 6.42 Å². The zero-order chi connectivity index (χ0) is 9.14. The number of hydrogen-bond donors (Lipinski definition) is 1. The maximum absolute atomic E-state index is 12.9. The van der Waals surface area contributed by atoms with E-state index < -0.39 is 5.82 Å². The van der Waals surface area contributed by atoms with Gasteiger partial charge in [-0.3, -0.25) is 0 Å². The van der Waals surface area contributed by atoms with E-state index in [1.165, 1.54) is 0 Å². The highest BCUT2D eigenvalue weighted by atomic mass is 19.1. The van der Waals surface area contributed by atoms with Gasteiger partial charge in [-0.05, 0) is 13.3 Å². The molecule has 1 heterocycles. The number of nitrogen functional groups attached to an aromatic ring is 1. The Labute approximate surface area is 70.8 Å². The number of hydrogen-bond acceptors (Lipinski definition) is 3. The second kappa shape index (κ2) is 3.47. The molecular weight excluding hydrogens is 157 g/mol. The highest BCUT2D eigenvalue weighted by molar-refractivity contribution is 5.31. The summed E-state index contributed by atoms with van der Waals surface area (Å²) in [6.07, 6.45) is 1.68. The van der Waals surface area contributed by atoms with Crippen molar-refractivity contribution in [2.75, 3.05) is 5.73 Å². The van der Waals surface area contributed by atoms with Crippen molar-refractivity contribution in [1.29, 1.82) is 0 Å². The maximum atomic E-state index is 12.9. The highest BCUT2D eigenvalue weighted by Crippen LogP contribution is 2.10. The van der Waals surface area contributed by atoms with Crippen LogP contribution >= 0.6 is 0 Å². The first kappa shape index (κ1) is 8.90. The summed E-state index contributed by atoms with van der Waals surface area (Å²) in [7, 11) is 0. The van der Waals surface area contributed by atoms with Crippen LogP contribution in [0.15, 0.2) is 0 Å². The molecule has 0 amide bonds. The van der Waals surface area contributed by atoms with Crippen molar-refractivity contribution in [1.82, 2.24) is 9.97 Å². The minimum absolute atomic E-state index is 0.0500. The Morgan fingerprint density at radius 1 is 1.42 bits per heavy atom. The Balaban J connectivity index is 3.04. The molecule has 0 aliphatic carbocycles. The predicted octanol–water partition coefficient (Wildman–Crippen LogP) is 1.46. The molecule has 0 fully saturated rings. The van der Waals surface area contributed by atoms with Crippen LogP contribution in [0.5, 0.6) is 0 Å². The first-order valence-electron chi connectivity index (χ1n) is 3.93. The van der Waals surface area contributed by atoms with Crippen LogP contribution in [-0.2, 0) is 6.42 Å². The zero-order valence-electron chi connectivity index (χ0n) is 7.26. The standard InChI is InChI=1S/C8H12FN3/c1-3-4-6-11-5(2)7(9)8(10)12-6/h3-4H2,1-2H3,(H2,10,11,12). The Kier molecular flexibility index (Phi) is 2.58. The van der Waals surface area contributed by atoms with Crippen molar-refractivity contribution in [3.8, 4) is 0 Å². The molecule has 0 aromatic carbocycles. The van der Waals surface area contributed by atoms with E-state index in [2.05, 4.69) is 9.97 Å². The fourth-order valence-electron chi connectivity index (χ4n) is 0.977. The van der Waals surface area contributed by atoms with Crippen LogP contribution in [0.1, 0.15) is 24.9 Å². The number of nitrogens with zero attached hydrogens (tertiary/aromatic N) is 2. The van der Waals surface area contributed by atoms with Crippen molar-refractivity contribution in [3.05, 3.63) is 17.3 Å². The van der Waals surface area contributed by atoms with Crippen LogP contribution in [0.4, 0.5) is 10.2 Å². The van der Waals surface area contributed by atoms with Crippen LogP contribution in [0.25, 0.3) is 0 Å². The summed E-state index contributed by atoms with van der Waals surface area (Å²) in [5.74, 6) is 0.0645. The van der Waals surface area contributed by atoms with Gasteiger partial charge in [-0.2, -0.15) is 0 Å². The summed E-state index contributed by atoms with van der Waals surface area (Å²) >= 11 is 0. The number of nitrogens with two attached hydrogens (primary N) is 1. The van der Waals surface area contributed by atoms with Gasteiger partial charge in [0.05, 0.1) is 5.69 Å². The molecule has 0 aliphatic rings. The van der Waals surface area contributed by atoms with E-state index in [4.69, 9.17) is 5.73 Å². The van der Waals surface area contributed by atoms with E-state index in [0.29, 0.717) is 11.5 Å². The highest BCUT2D eigenvalue weighted by Gasteiger charge is 2.06. The third-order valence-corrected chi connectivity index (χ3v) is 1.56.